The third-order valence-electron chi connectivity index (χ3n) is 5.02. The Labute approximate surface area is 170 Å². The van der Waals surface area contributed by atoms with Gasteiger partial charge in [-0.1, -0.05) is 17.3 Å². The van der Waals surface area contributed by atoms with Crippen LogP contribution in [-0.2, 0) is 11.2 Å². The second-order valence-electron chi connectivity index (χ2n) is 6.95. The summed E-state index contributed by atoms with van der Waals surface area (Å²) in [6, 6.07) is 8.05. The van der Waals surface area contributed by atoms with Crippen LogP contribution in [0.1, 0.15) is 29.6 Å². The maximum Gasteiger partial charge on any atom is 0.278 e. The van der Waals surface area contributed by atoms with Gasteiger partial charge < -0.3 is 9.42 Å². The van der Waals surface area contributed by atoms with Gasteiger partial charge in [0.15, 0.2) is 5.82 Å². The zero-order valence-electron chi connectivity index (χ0n) is 15.6. The summed E-state index contributed by atoms with van der Waals surface area (Å²) in [6.45, 7) is 1.32. The normalized spacial score (nSPS) is 16.6. The highest BCUT2D eigenvalue weighted by Crippen LogP contribution is 2.28. The first-order valence-electron chi connectivity index (χ1n) is 9.48. The predicted molar refractivity (Wildman–Crippen MR) is 107 cm³/mol. The number of hydrogen-bond donors (Lipinski definition) is 0. The minimum atomic E-state index is 0.0792. The Balaban J connectivity index is 1.19. The fourth-order valence-corrected chi connectivity index (χ4v) is 4.48. The third-order valence-corrected chi connectivity index (χ3v) is 6.12. The highest BCUT2D eigenvalue weighted by Gasteiger charge is 2.30. The van der Waals surface area contributed by atoms with Gasteiger partial charge in [0.1, 0.15) is 5.69 Å². The van der Waals surface area contributed by atoms with Crippen LogP contribution in [0.3, 0.4) is 0 Å². The summed E-state index contributed by atoms with van der Waals surface area (Å²) in [5, 5.41) is 5.09. The molecule has 0 aliphatic carbocycles. The molecule has 4 heterocycles. The van der Waals surface area contributed by atoms with Crippen molar-refractivity contribution in [2.45, 2.75) is 25.2 Å². The van der Waals surface area contributed by atoms with E-state index in [1.165, 1.54) is 0 Å². The lowest BCUT2D eigenvalue weighted by atomic mass is 10.1. The van der Waals surface area contributed by atoms with Crippen molar-refractivity contribution in [3.8, 4) is 11.6 Å². The van der Waals surface area contributed by atoms with E-state index in [2.05, 4.69) is 31.2 Å². The molecule has 0 radical (unpaired) electrons. The Kier molecular flexibility index (Phi) is 4.73. The monoisotopic (exact) mass is 406 g/mol. The molecule has 0 saturated carbocycles. The minimum Gasteiger partial charge on any atom is -0.342 e. The van der Waals surface area contributed by atoms with E-state index in [-0.39, 0.29) is 11.8 Å². The third kappa shape index (κ3) is 3.73. The molecule has 0 N–H and O–H groups in total. The lowest BCUT2D eigenvalue weighted by Crippen LogP contribution is -2.28. The van der Waals surface area contributed by atoms with Crippen molar-refractivity contribution < 1.29 is 9.32 Å². The molecule has 1 fully saturated rings. The molecule has 4 aromatic rings. The van der Waals surface area contributed by atoms with Gasteiger partial charge in [0.2, 0.25) is 5.91 Å². The van der Waals surface area contributed by atoms with Gasteiger partial charge >= 0.3 is 0 Å². The van der Waals surface area contributed by atoms with E-state index in [1.807, 2.05) is 23.1 Å². The zero-order valence-corrected chi connectivity index (χ0v) is 16.4. The number of likely N-dealkylation sites (tertiary alicyclic amines) is 1. The topological polar surface area (TPSA) is 97.9 Å². The maximum atomic E-state index is 12.7. The van der Waals surface area contributed by atoms with E-state index >= 15 is 0 Å². The number of rotatable bonds is 5. The smallest absolute Gasteiger partial charge is 0.278 e. The summed E-state index contributed by atoms with van der Waals surface area (Å²) in [4.78, 5) is 31.8. The number of fused-ring (bicyclic) bond motifs is 1. The SMILES string of the molecule is O=C(CCc1nc2ccccc2s1)N1CCC(c2noc(-c3cnccn3)n2)C1. The van der Waals surface area contributed by atoms with Gasteiger partial charge in [-0.25, -0.2) is 9.97 Å². The Bertz CT molecular complexity index is 1110. The van der Waals surface area contributed by atoms with Gasteiger partial charge in [-0.2, -0.15) is 4.98 Å². The number of carbonyl (C=O) groups excluding carboxylic acids is 1. The first-order valence-corrected chi connectivity index (χ1v) is 10.3. The van der Waals surface area contributed by atoms with E-state index < -0.39 is 0 Å². The minimum absolute atomic E-state index is 0.0792. The number of para-hydroxylation sites is 1. The number of carbonyl (C=O) groups is 1. The van der Waals surface area contributed by atoms with Crippen LogP contribution < -0.4 is 0 Å². The molecule has 1 saturated heterocycles. The lowest BCUT2D eigenvalue weighted by Gasteiger charge is -2.15. The maximum absolute atomic E-state index is 12.7. The number of benzene rings is 1. The Hall–Kier alpha value is -3.20. The van der Waals surface area contributed by atoms with E-state index in [0.717, 1.165) is 21.6 Å². The van der Waals surface area contributed by atoms with Gasteiger partial charge in [0.05, 0.1) is 21.4 Å². The summed E-state index contributed by atoms with van der Waals surface area (Å²) in [5.74, 6) is 1.20. The molecular formula is C20H18N6O2S. The number of amides is 1. The van der Waals surface area contributed by atoms with Gasteiger partial charge in [-0.05, 0) is 18.6 Å². The van der Waals surface area contributed by atoms with E-state index in [1.54, 1.807) is 29.9 Å². The van der Waals surface area contributed by atoms with Crippen LogP contribution in [0, 0.1) is 0 Å². The molecule has 8 nitrogen and oxygen atoms in total. The quantitative estimate of drug-likeness (QED) is 0.502. The first-order chi connectivity index (χ1) is 14.3. The van der Waals surface area contributed by atoms with Crippen molar-refractivity contribution in [1.82, 2.24) is 30.0 Å². The molecule has 1 unspecified atom stereocenters. The van der Waals surface area contributed by atoms with Gasteiger partial charge in [-0.15, -0.1) is 11.3 Å². The molecule has 1 amide bonds. The molecule has 5 rings (SSSR count). The van der Waals surface area contributed by atoms with Crippen LogP contribution in [0.2, 0.25) is 0 Å². The average Bonchev–Trinajstić information content (AvgIpc) is 3.51. The van der Waals surface area contributed by atoms with Gasteiger partial charge in [0, 0.05) is 44.2 Å². The summed E-state index contributed by atoms with van der Waals surface area (Å²) in [5.41, 5.74) is 1.55. The fourth-order valence-electron chi connectivity index (χ4n) is 3.51. The van der Waals surface area contributed by atoms with E-state index in [0.29, 0.717) is 43.3 Å². The van der Waals surface area contributed by atoms with Crippen LogP contribution in [0.15, 0.2) is 47.4 Å². The molecule has 146 valence electrons. The van der Waals surface area contributed by atoms with E-state index in [9.17, 15) is 4.79 Å². The summed E-state index contributed by atoms with van der Waals surface area (Å²) >= 11 is 1.65. The molecule has 1 aromatic carbocycles. The first kappa shape index (κ1) is 17.9. The molecule has 0 spiro atoms. The van der Waals surface area contributed by atoms with Crippen LogP contribution >= 0.6 is 11.3 Å². The van der Waals surface area contributed by atoms with Gasteiger partial charge in [0.25, 0.3) is 5.89 Å². The van der Waals surface area contributed by atoms with Crippen molar-refractivity contribution in [2.75, 3.05) is 13.1 Å². The highest BCUT2D eigenvalue weighted by molar-refractivity contribution is 7.18. The Morgan fingerprint density at radius 1 is 1.24 bits per heavy atom. The van der Waals surface area contributed by atoms with Crippen molar-refractivity contribution >= 4 is 27.5 Å². The number of thiazole rings is 1. The second kappa shape index (κ2) is 7.67. The standard InChI is InChI=1S/C20H18N6O2S/c27-18(6-5-17-23-14-3-1-2-4-16(14)29-17)26-10-7-13(12-26)19-24-20(28-25-19)15-11-21-8-9-22-15/h1-4,8-9,11,13H,5-7,10,12H2. The molecule has 1 aliphatic heterocycles. The van der Waals surface area contributed by atoms with E-state index in [4.69, 9.17) is 4.52 Å². The van der Waals surface area contributed by atoms with Crippen LogP contribution in [-0.4, -0.2) is 49.0 Å². The summed E-state index contributed by atoms with van der Waals surface area (Å²) < 4.78 is 6.48. The Morgan fingerprint density at radius 3 is 3.03 bits per heavy atom. The molecule has 3 aromatic heterocycles. The number of aromatic nitrogens is 5. The van der Waals surface area contributed by atoms with Crippen molar-refractivity contribution in [2.24, 2.45) is 0 Å². The number of aryl methyl sites for hydroxylation is 1. The molecule has 9 heteroatoms. The largest absolute Gasteiger partial charge is 0.342 e. The van der Waals surface area contributed by atoms with Crippen LogP contribution in [0.25, 0.3) is 21.8 Å². The van der Waals surface area contributed by atoms with Gasteiger partial charge in [-0.3, -0.25) is 9.78 Å². The summed E-state index contributed by atoms with van der Waals surface area (Å²) in [7, 11) is 0. The average molecular weight is 406 g/mol. The Morgan fingerprint density at radius 2 is 2.17 bits per heavy atom. The molecular weight excluding hydrogens is 388 g/mol. The zero-order chi connectivity index (χ0) is 19.6. The lowest BCUT2D eigenvalue weighted by molar-refractivity contribution is -0.130. The van der Waals surface area contributed by atoms with Crippen LogP contribution in [0.4, 0.5) is 0 Å². The van der Waals surface area contributed by atoms with Crippen molar-refractivity contribution in [3.05, 3.63) is 53.7 Å². The molecule has 0 bridgehead atoms. The fraction of sp³-hybridized carbons (Fsp3) is 0.300. The highest BCUT2D eigenvalue weighted by atomic mass is 32.1. The van der Waals surface area contributed by atoms with Crippen LogP contribution in [0.5, 0.6) is 0 Å². The van der Waals surface area contributed by atoms with Crippen molar-refractivity contribution in [3.63, 3.8) is 0 Å². The summed E-state index contributed by atoms with van der Waals surface area (Å²) in [6.07, 6.45) is 6.72. The van der Waals surface area contributed by atoms with Crippen molar-refractivity contribution in [1.29, 1.82) is 0 Å². The molecule has 1 aliphatic rings. The molecule has 1 atom stereocenters. The second-order valence-corrected chi connectivity index (χ2v) is 8.06. The molecule has 29 heavy (non-hydrogen) atoms. The number of hydrogen-bond acceptors (Lipinski definition) is 8. The predicted octanol–water partition coefficient (Wildman–Crippen LogP) is 3.09. The number of nitrogens with zero attached hydrogens (tertiary/aromatic N) is 6.